The molecule has 0 amide bonds. The van der Waals surface area contributed by atoms with Gasteiger partial charge in [-0.1, -0.05) is 26.7 Å². The quantitative estimate of drug-likeness (QED) is 0.715. The van der Waals surface area contributed by atoms with Crippen LogP contribution in [0.4, 0.5) is 0 Å². The highest BCUT2D eigenvalue weighted by molar-refractivity contribution is 4.84. The van der Waals surface area contributed by atoms with E-state index in [0.717, 1.165) is 44.9 Å². The van der Waals surface area contributed by atoms with Crippen molar-refractivity contribution in [2.45, 2.75) is 70.5 Å². The van der Waals surface area contributed by atoms with Gasteiger partial charge in [0.2, 0.25) is 0 Å². The normalized spacial score (nSPS) is 22.9. The van der Waals surface area contributed by atoms with E-state index in [1.54, 1.807) is 0 Å². The predicted molar refractivity (Wildman–Crippen MR) is 58.1 cm³/mol. The molecule has 0 radical (unpaired) electrons. The van der Waals surface area contributed by atoms with Gasteiger partial charge in [-0.3, -0.25) is 0 Å². The number of aliphatic hydroxyl groups excluding tert-OH is 1. The third kappa shape index (κ3) is 3.97. The lowest BCUT2D eigenvalue weighted by molar-refractivity contribution is 0.0189. The summed E-state index contributed by atoms with van der Waals surface area (Å²) in [6.45, 7) is 4.24. The van der Waals surface area contributed by atoms with Crippen LogP contribution in [0.5, 0.6) is 0 Å². The summed E-state index contributed by atoms with van der Waals surface area (Å²) >= 11 is 0. The molecule has 0 bridgehead atoms. The average Bonchev–Trinajstić information content (AvgIpc) is 2.49. The Labute approximate surface area is 87.3 Å². The molecule has 0 aromatic rings. The molecule has 0 spiro atoms. The summed E-state index contributed by atoms with van der Waals surface area (Å²) in [4.78, 5) is 0. The second-order valence-electron chi connectivity index (χ2n) is 5.25. The molecular weight excluding hydrogens is 176 g/mol. The summed E-state index contributed by atoms with van der Waals surface area (Å²) in [6.07, 6.45) is 6.33. The van der Waals surface area contributed by atoms with Crippen molar-refractivity contribution in [1.29, 1.82) is 0 Å². The fourth-order valence-corrected chi connectivity index (χ4v) is 2.38. The first kappa shape index (κ1) is 12.0. The van der Waals surface area contributed by atoms with Crippen molar-refractivity contribution in [3.05, 3.63) is 0 Å². The van der Waals surface area contributed by atoms with Crippen LogP contribution in [0.1, 0.15) is 58.8 Å². The summed E-state index contributed by atoms with van der Waals surface area (Å²) in [5.41, 5.74) is -0.446. The number of rotatable bonds is 5. The van der Waals surface area contributed by atoms with E-state index < -0.39 is 5.60 Å². The minimum absolute atomic E-state index is 0.223. The second-order valence-corrected chi connectivity index (χ2v) is 5.25. The van der Waals surface area contributed by atoms with Crippen LogP contribution in [0.3, 0.4) is 0 Å². The van der Waals surface area contributed by atoms with Gasteiger partial charge >= 0.3 is 0 Å². The third-order valence-corrected chi connectivity index (χ3v) is 3.22. The maximum Gasteiger partial charge on any atom is 0.0648 e. The standard InChI is InChI=1S/C12H24O2/c1-10(2)9-11(13)5-8-12(14)6-3-4-7-12/h10-11,13-14H,3-9H2,1-2H3. The van der Waals surface area contributed by atoms with E-state index in [1.807, 2.05) is 0 Å². The second kappa shape index (κ2) is 5.13. The van der Waals surface area contributed by atoms with E-state index in [-0.39, 0.29) is 6.10 Å². The van der Waals surface area contributed by atoms with Gasteiger partial charge in [-0.2, -0.15) is 0 Å². The molecule has 2 heteroatoms. The Hall–Kier alpha value is -0.0800. The molecule has 1 unspecified atom stereocenters. The van der Waals surface area contributed by atoms with Crippen molar-refractivity contribution < 1.29 is 10.2 Å². The van der Waals surface area contributed by atoms with Crippen molar-refractivity contribution in [3.63, 3.8) is 0 Å². The van der Waals surface area contributed by atoms with E-state index >= 15 is 0 Å². The van der Waals surface area contributed by atoms with Crippen molar-refractivity contribution in [2.75, 3.05) is 0 Å². The van der Waals surface area contributed by atoms with Crippen LogP contribution in [0.25, 0.3) is 0 Å². The van der Waals surface area contributed by atoms with Crippen LogP contribution in [-0.2, 0) is 0 Å². The minimum Gasteiger partial charge on any atom is -0.393 e. The SMILES string of the molecule is CC(C)CC(O)CCC1(O)CCCC1. The molecule has 0 saturated heterocycles. The monoisotopic (exact) mass is 200 g/mol. The zero-order valence-corrected chi connectivity index (χ0v) is 9.50. The topological polar surface area (TPSA) is 40.5 Å². The van der Waals surface area contributed by atoms with Gasteiger partial charge in [0.05, 0.1) is 11.7 Å². The van der Waals surface area contributed by atoms with Gasteiger partial charge in [0.25, 0.3) is 0 Å². The van der Waals surface area contributed by atoms with E-state index in [1.165, 1.54) is 0 Å². The van der Waals surface area contributed by atoms with Crippen LogP contribution in [0.15, 0.2) is 0 Å². The summed E-state index contributed by atoms with van der Waals surface area (Å²) in [5.74, 6) is 0.545. The summed E-state index contributed by atoms with van der Waals surface area (Å²) in [7, 11) is 0. The highest BCUT2D eigenvalue weighted by Crippen LogP contribution is 2.33. The first-order valence-corrected chi connectivity index (χ1v) is 5.92. The summed E-state index contributed by atoms with van der Waals surface area (Å²) < 4.78 is 0. The molecule has 0 heterocycles. The van der Waals surface area contributed by atoms with Gasteiger partial charge in [0.1, 0.15) is 0 Å². The Kier molecular flexibility index (Phi) is 4.39. The largest absolute Gasteiger partial charge is 0.393 e. The maximum atomic E-state index is 10.1. The Bertz CT molecular complexity index is 160. The van der Waals surface area contributed by atoms with Crippen LogP contribution < -0.4 is 0 Å². The van der Waals surface area contributed by atoms with Crippen molar-refractivity contribution in [2.24, 2.45) is 5.92 Å². The highest BCUT2D eigenvalue weighted by atomic mass is 16.3. The zero-order valence-electron chi connectivity index (χ0n) is 9.50. The molecule has 0 aliphatic heterocycles. The molecule has 1 aliphatic rings. The molecule has 1 saturated carbocycles. The lowest BCUT2D eigenvalue weighted by Gasteiger charge is -2.23. The molecule has 1 rings (SSSR count). The van der Waals surface area contributed by atoms with Crippen molar-refractivity contribution >= 4 is 0 Å². The summed E-state index contributed by atoms with van der Waals surface area (Å²) in [5, 5.41) is 19.7. The molecule has 1 fully saturated rings. The molecule has 14 heavy (non-hydrogen) atoms. The van der Waals surface area contributed by atoms with Gasteiger partial charge in [0, 0.05) is 0 Å². The molecule has 1 aliphatic carbocycles. The van der Waals surface area contributed by atoms with E-state index in [9.17, 15) is 10.2 Å². The molecule has 2 nitrogen and oxygen atoms in total. The maximum absolute atomic E-state index is 10.1. The van der Waals surface area contributed by atoms with Gasteiger partial charge < -0.3 is 10.2 Å². The molecule has 84 valence electrons. The first-order valence-electron chi connectivity index (χ1n) is 5.92. The molecular formula is C12H24O2. The molecule has 0 aromatic heterocycles. The zero-order chi connectivity index (χ0) is 10.6. The molecule has 0 aromatic carbocycles. The van der Waals surface area contributed by atoms with E-state index in [4.69, 9.17) is 0 Å². The smallest absolute Gasteiger partial charge is 0.0648 e. The van der Waals surface area contributed by atoms with Gasteiger partial charge in [-0.25, -0.2) is 0 Å². The number of hydrogen-bond acceptors (Lipinski definition) is 2. The van der Waals surface area contributed by atoms with E-state index in [2.05, 4.69) is 13.8 Å². The predicted octanol–water partition coefficient (Wildman–Crippen LogP) is 2.48. The van der Waals surface area contributed by atoms with Crippen LogP contribution >= 0.6 is 0 Å². The Morgan fingerprint density at radius 1 is 1.21 bits per heavy atom. The third-order valence-electron chi connectivity index (χ3n) is 3.22. The first-order chi connectivity index (χ1) is 6.52. The average molecular weight is 200 g/mol. The van der Waals surface area contributed by atoms with Crippen LogP contribution in [0.2, 0.25) is 0 Å². The van der Waals surface area contributed by atoms with Crippen molar-refractivity contribution in [3.8, 4) is 0 Å². The van der Waals surface area contributed by atoms with Gasteiger partial charge in [-0.15, -0.1) is 0 Å². The summed E-state index contributed by atoms with van der Waals surface area (Å²) in [6, 6.07) is 0. The Morgan fingerprint density at radius 2 is 1.79 bits per heavy atom. The van der Waals surface area contributed by atoms with Crippen molar-refractivity contribution in [1.82, 2.24) is 0 Å². The van der Waals surface area contributed by atoms with Crippen LogP contribution in [0, 0.1) is 5.92 Å². The lowest BCUT2D eigenvalue weighted by atomic mass is 9.92. The minimum atomic E-state index is -0.446. The van der Waals surface area contributed by atoms with Gasteiger partial charge in [0.15, 0.2) is 0 Å². The Balaban J connectivity index is 2.18. The molecule has 2 N–H and O–H groups in total. The molecule has 1 atom stereocenters. The number of hydrogen-bond donors (Lipinski definition) is 2. The lowest BCUT2D eigenvalue weighted by Crippen LogP contribution is -2.26. The fourth-order valence-electron chi connectivity index (χ4n) is 2.38. The Morgan fingerprint density at radius 3 is 2.29 bits per heavy atom. The van der Waals surface area contributed by atoms with E-state index in [0.29, 0.717) is 5.92 Å². The fraction of sp³-hybridized carbons (Fsp3) is 1.00. The number of aliphatic hydroxyl groups is 2. The van der Waals surface area contributed by atoms with Gasteiger partial charge in [-0.05, 0) is 38.0 Å². The van der Waals surface area contributed by atoms with Crippen LogP contribution in [-0.4, -0.2) is 21.9 Å². The highest BCUT2D eigenvalue weighted by Gasteiger charge is 2.31.